The van der Waals surface area contributed by atoms with Gasteiger partial charge in [0.1, 0.15) is 11.5 Å². The van der Waals surface area contributed by atoms with Crippen LogP contribution in [0.25, 0.3) is 0 Å². The minimum atomic E-state index is -0.401. The van der Waals surface area contributed by atoms with E-state index in [1.807, 2.05) is 36.4 Å². The first-order chi connectivity index (χ1) is 11.7. The average Bonchev–Trinajstić information content (AvgIpc) is 2.52. The van der Waals surface area contributed by atoms with Gasteiger partial charge in [0, 0.05) is 5.56 Å². The molecule has 2 rings (SSSR count). The van der Waals surface area contributed by atoms with Crippen LogP contribution in [0.4, 0.5) is 0 Å². The van der Waals surface area contributed by atoms with Crippen LogP contribution in [0, 0.1) is 6.92 Å². The third kappa shape index (κ3) is 5.09. The van der Waals surface area contributed by atoms with Crippen molar-refractivity contribution in [3.63, 3.8) is 0 Å². The molecule has 0 radical (unpaired) electrons. The summed E-state index contributed by atoms with van der Waals surface area (Å²) in [6, 6.07) is 13.5. The molecule has 2 aromatic carbocycles. The van der Waals surface area contributed by atoms with Gasteiger partial charge in [-0.05, 0) is 47.6 Å². The normalized spacial score (nSPS) is 11.5. The van der Waals surface area contributed by atoms with E-state index in [4.69, 9.17) is 9.47 Å². The first-order valence-corrected chi connectivity index (χ1v) is 8.72. The largest absolute Gasteiger partial charge is 0.482 e. The van der Waals surface area contributed by atoms with E-state index < -0.39 is 5.97 Å². The Balaban J connectivity index is 2.02. The molecule has 0 aliphatic heterocycles. The summed E-state index contributed by atoms with van der Waals surface area (Å²) in [5.41, 5.74) is 3.36. The number of ether oxygens (including phenoxy) is 2. The smallest absolute Gasteiger partial charge is 0.349 e. The van der Waals surface area contributed by atoms with Crippen LogP contribution in [0.1, 0.15) is 57.2 Å². The number of carbonyl (C=O) groups excluding carboxylic acids is 1. The van der Waals surface area contributed by atoms with Crippen molar-refractivity contribution in [3.8, 4) is 11.5 Å². The summed E-state index contributed by atoms with van der Waals surface area (Å²) < 4.78 is 11.1. The monoisotopic (exact) mass is 340 g/mol. The Morgan fingerprint density at radius 1 is 1.08 bits per heavy atom. The van der Waals surface area contributed by atoms with Gasteiger partial charge >= 0.3 is 5.97 Å². The van der Waals surface area contributed by atoms with Crippen molar-refractivity contribution in [2.24, 2.45) is 0 Å². The van der Waals surface area contributed by atoms with Crippen LogP contribution >= 0.6 is 0 Å². The lowest BCUT2D eigenvalue weighted by atomic mass is 9.86. The Hall–Kier alpha value is -2.29. The quantitative estimate of drug-likeness (QED) is 0.540. The van der Waals surface area contributed by atoms with Crippen molar-refractivity contribution >= 4 is 5.97 Å². The van der Waals surface area contributed by atoms with Crippen molar-refractivity contribution < 1.29 is 14.3 Å². The topological polar surface area (TPSA) is 35.5 Å². The molecule has 0 spiro atoms. The van der Waals surface area contributed by atoms with Gasteiger partial charge in [-0.1, -0.05) is 58.9 Å². The second-order valence-electron chi connectivity index (χ2n) is 7.68. The minimum absolute atomic E-state index is 0.0957. The molecule has 0 bridgehead atoms. The molecule has 3 heteroatoms. The average molecular weight is 340 g/mol. The highest BCUT2D eigenvalue weighted by atomic mass is 16.6. The fraction of sp³-hybridized carbons (Fsp3) is 0.409. The van der Waals surface area contributed by atoms with Gasteiger partial charge in [0.25, 0.3) is 0 Å². The molecule has 0 amide bonds. The Bertz CT molecular complexity index is 739. The standard InChI is InChI=1S/C22H28O3/c1-15(2)18-12-11-17(13-16(18)3)24-14-21(23)25-20-10-8-7-9-19(20)22(4,5)6/h7-13,15H,14H2,1-6H3. The summed E-state index contributed by atoms with van der Waals surface area (Å²) in [5.74, 6) is 1.34. The Morgan fingerprint density at radius 2 is 1.76 bits per heavy atom. The molecule has 25 heavy (non-hydrogen) atoms. The summed E-state index contributed by atoms with van der Waals surface area (Å²) in [6.07, 6.45) is 0. The predicted octanol–water partition coefficient (Wildman–Crippen LogP) is 5.40. The molecule has 0 saturated carbocycles. The number of esters is 1. The highest BCUT2D eigenvalue weighted by Gasteiger charge is 2.20. The SMILES string of the molecule is Cc1cc(OCC(=O)Oc2ccccc2C(C)(C)C)ccc1C(C)C. The molecule has 0 unspecified atom stereocenters. The van der Waals surface area contributed by atoms with E-state index in [0.717, 1.165) is 5.56 Å². The van der Waals surface area contributed by atoms with Crippen LogP contribution in [0.2, 0.25) is 0 Å². The fourth-order valence-corrected chi connectivity index (χ4v) is 2.86. The lowest BCUT2D eigenvalue weighted by Crippen LogP contribution is -2.20. The van der Waals surface area contributed by atoms with E-state index in [1.165, 1.54) is 11.1 Å². The van der Waals surface area contributed by atoms with Crippen LogP contribution < -0.4 is 9.47 Å². The third-order valence-electron chi connectivity index (χ3n) is 4.14. The van der Waals surface area contributed by atoms with Gasteiger partial charge in [0.15, 0.2) is 6.61 Å². The lowest BCUT2D eigenvalue weighted by molar-refractivity contribution is -0.136. The van der Waals surface area contributed by atoms with Crippen LogP contribution in [0.5, 0.6) is 11.5 Å². The number of hydrogen-bond acceptors (Lipinski definition) is 3. The zero-order valence-electron chi connectivity index (χ0n) is 16.1. The zero-order chi connectivity index (χ0) is 18.6. The maximum absolute atomic E-state index is 12.2. The van der Waals surface area contributed by atoms with E-state index in [9.17, 15) is 4.79 Å². The fourth-order valence-electron chi connectivity index (χ4n) is 2.86. The molecule has 0 fully saturated rings. The molecule has 0 aliphatic carbocycles. The first kappa shape index (κ1) is 19.0. The van der Waals surface area contributed by atoms with Gasteiger partial charge in [0.2, 0.25) is 0 Å². The zero-order valence-corrected chi connectivity index (χ0v) is 16.1. The number of hydrogen-bond donors (Lipinski definition) is 0. The summed E-state index contributed by atoms with van der Waals surface area (Å²) in [4.78, 5) is 12.2. The Labute approximate surface area is 151 Å². The van der Waals surface area contributed by atoms with Crippen LogP contribution in [0.3, 0.4) is 0 Å². The maximum atomic E-state index is 12.2. The molecule has 3 nitrogen and oxygen atoms in total. The number of para-hydroxylation sites is 1. The first-order valence-electron chi connectivity index (χ1n) is 8.72. The van der Waals surface area contributed by atoms with E-state index in [-0.39, 0.29) is 12.0 Å². The predicted molar refractivity (Wildman–Crippen MR) is 102 cm³/mol. The molecule has 0 aliphatic rings. The third-order valence-corrected chi connectivity index (χ3v) is 4.14. The molecular formula is C22H28O3. The summed E-state index contributed by atoms with van der Waals surface area (Å²) in [5, 5.41) is 0. The van der Waals surface area contributed by atoms with Crippen LogP contribution in [-0.2, 0) is 10.2 Å². The summed E-state index contributed by atoms with van der Waals surface area (Å²) in [7, 11) is 0. The molecule has 0 aromatic heterocycles. The minimum Gasteiger partial charge on any atom is -0.482 e. The molecule has 2 aromatic rings. The van der Waals surface area contributed by atoms with Gasteiger partial charge in [-0.15, -0.1) is 0 Å². The number of benzene rings is 2. The molecular weight excluding hydrogens is 312 g/mol. The highest BCUT2D eigenvalue weighted by molar-refractivity contribution is 5.74. The Kier molecular flexibility index (Phi) is 5.89. The van der Waals surface area contributed by atoms with E-state index >= 15 is 0 Å². The van der Waals surface area contributed by atoms with E-state index in [0.29, 0.717) is 17.4 Å². The summed E-state index contributed by atoms with van der Waals surface area (Å²) >= 11 is 0. The second kappa shape index (κ2) is 7.73. The van der Waals surface area contributed by atoms with Gasteiger partial charge in [-0.3, -0.25) is 0 Å². The van der Waals surface area contributed by atoms with Crippen molar-refractivity contribution in [2.75, 3.05) is 6.61 Å². The second-order valence-corrected chi connectivity index (χ2v) is 7.68. The molecule has 0 atom stereocenters. The molecule has 0 heterocycles. The van der Waals surface area contributed by atoms with E-state index in [1.54, 1.807) is 0 Å². The maximum Gasteiger partial charge on any atom is 0.349 e. The van der Waals surface area contributed by atoms with Crippen molar-refractivity contribution in [1.29, 1.82) is 0 Å². The van der Waals surface area contributed by atoms with Crippen molar-refractivity contribution in [2.45, 2.75) is 52.9 Å². The van der Waals surface area contributed by atoms with Gasteiger partial charge < -0.3 is 9.47 Å². The number of carbonyl (C=O) groups is 1. The van der Waals surface area contributed by atoms with Crippen LogP contribution in [0.15, 0.2) is 42.5 Å². The highest BCUT2D eigenvalue weighted by Crippen LogP contribution is 2.31. The van der Waals surface area contributed by atoms with Crippen molar-refractivity contribution in [1.82, 2.24) is 0 Å². The molecule has 0 saturated heterocycles. The van der Waals surface area contributed by atoms with Crippen molar-refractivity contribution in [3.05, 3.63) is 59.2 Å². The van der Waals surface area contributed by atoms with Crippen LogP contribution in [-0.4, -0.2) is 12.6 Å². The van der Waals surface area contributed by atoms with Gasteiger partial charge in [0.05, 0.1) is 0 Å². The lowest BCUT2D eigenvalue weighted by Gasteiger charge is -2.22. The number of aryl methyl sites for hydroxylation is 1. The van der Waals surface area contributed by atoms with Gasteiger partial charge in [-0.25, -0.2) is 4.79 Å². The molecule has 0 N–H and O–H groups in total. The van der Waals surface area contributed by atoms with E-state index in [2.05, 4.69) is 47.6 Å². The number of rotatable bonds is 5. The van der Waals surface area contributed by atoms with Gasteiger partial charge in [-0.2, -0.15) is 0 Å². The Morgan fingerprint density at radius 3 is 2.36 bits per heavy atom. The summed E-state index contributed by atoms with van der Waals surface area (Å²) in [6.45, 7) is 12.5. The molecule has 134 valence electrons.